The molecule has 2 aromatic heterocycles. The number of benzene rings is 1. The van der Waals surface area contributed by atoms with Crippen LogP contribution in [0.15, 0.2) is 53.5 Å². The highest BCUT2D eigenvalue weighted by atomic mass is 35.5. The number of aromatic hydroxyl groups is 1. The summed E-state index contributed by atoms with van der Waals surface area (Å²) in [4.78, 5) is 28.8. The Morgan fingerprint density at radius 1 is 1.28 bits per heavy atom. The van der Waals surface area contributed by atoms with Crippen LogP contribution in [0.1, 0.15) is 23.5 Å². The van der Waals surface area contributed by atoms with E-state index in [9.17, 15) is 14.7 Å². The second-order valence-corrected chi connectivity index (χ2v) is 5.90. The van der Waals surface area contributed by atoms with Crippen molar-refractivity contribution in [1.82, 2.24) is 9.38 Å². The lowest BCUT2D eigenvalue weighted by Gasteiger charge is -2.17. The lowest BCUT2D eigenvalue weighted by molar-refractivity contribution is -0.140. The van der Waals surface area contributed by atoms with Crippen LogP contribution in [0.2, 0.25) is 5.02 Å². The van der Waals surface area contributed by atoms with Crippen molar-refractivity contribution >= 4 is 23.2 Å². The number of ether oxygens (including phenoxy) is 1. The molecule has 3 rings (SSSR count). The molecule has 6 nitrogen and oxygen atoms in total. The van der Waals surface area contributed by atoms with E-state index < -0.39 is 23.3 Å². The van der Waals surface area contributed by atoms with Gasteiger partial charge in [-0.25, -0.2) is 0 Å². The summed E-state index contributed by atoms with van der Waals surface area (Å²) in [6.45, 7) is 0. The Labute approximate surface area is 148 Å². The third-order valence-electron chi connectivity index (χ3n) is 3.97. The van der Waals surface area contributed by atoms with Crippen molar-refractivity contribution in [3.05, 3.63) is 75.2 Å². The molecule has 0 saturated heterocycles. The van der Waals surface area contributed by atoms with Crippen LogP contribution >= 0.6 is 11.6 Å². The Hall–Kier alpha value is -2.86. The summed E-state index contributed by atoms with van der Waals surface area (Å²) in [6, 6.07) is 11.7. The molecule has 1 aromatic carbocycles. The van der Waals surface area contributed by atoms with Gasteiger partial charge in [0.2, 0.25) is 5.88 Å². The maximum Gasteiger partial charge on any atom is 0.306 e. The molecule has 128 valence electrons. The van der Waals surface area contributed by atoms with Crippen LogP contribution in [0.25, 0.3) is 5.65 Å². The summed E-state index contributed by atoms with van der Waals surface area (Å²) >= 11 is 5.92. The summed E-state index contributed by atoms with van der Waals surface area (Å²) in [5, 5.41) is 10.9. The molecular weight excluding hydrogens is 344 g/mol. The molecule has 0 radical (unpaired) electrons. The minimum atomic E-state index is -0.707. The van der Waals surface area contributed by atoms with Gasteiger partial charge in [-0.1, -0.05) is 29.8 Å². The first kappa shape index (κ1) is 17.0. The molecule has 25 heavy (non-hydrogen) atoms. The van der Waals surface area contributed by atoms with E-state index in [0.717, 1.165) is 0 Å². The standard InChI is InChI=1S/C18H15ClN2O4/c1-25-15(22)10-13(11-5-7-12(19)8-6-11)16-17(23)20-14-4-2-3-9-21(14)18(16)24/h2-9,13,23H,10H2,1H3. The smallest absolute Gasteiger partial charge is 0.306 e. The number of aromatic nitrogens is 2. The number of halogens is 1. The van der Waals surface area contributed by atoms with Crippen molar-refractivity contribution in [3.63, 3.8) is 0 Å². The topological polar surface area (TPSA) is 80.9 Å². The van der Waals surface area contributed by atoms with Crippen LogP contribution < -0.4 is 5.56 Å². The summed E-state index contributed by atoms with van der Waals surface area (Å²) < 4.78 is 6.07. The first-order valence-electron chi connectivity index (χ1n) is 7.54. The zero-order chi connectivity index (χ0) is 18.0. The van der Waals surface area contributed by atoms with E-state index in [1.165, 1.54) is 11.5 Å². The van der Waals surface area contributed by atoms with E-state index in [1.807, 2.05) is 0 Å². The zero-order valence-electron chi connectivity index (χ0n) is 13.3. The monoisotopic (exact) mass is 358 g/mol. The Morgan fingerprint density at radius 3 is 2.68 bits per heavy atom. The van der Waals surface area contributed by atoms with Crippen molar-refractivity contribution in [2.75, 3.05) is 7.11 Å². The first-order valence-corrected chi connectivity index (χ1v) is 7.91. The SMILES string of the molecule is COC(=O)CC(c1ccc(Cl)cc1)c1c(O)nc2ccccn2c1=O. The molecule has 1 N–H and O–H groups in total. The molecule has 0 fully saturated rings. The van der Waals surface area contributed by atoms with Crippen molar-refractivity contribution in [2.24, 2.45) is 0 Å². The third kappa shape index (κ3) is 3.34. The Bertz CT molecular complexity index is 983. The van der Waals surface area contributed by atoms with E-state index in [1.54, 1.807) is 48.7 Å². The molecule has 0 bridgehead atoms. The van der Waals surface area contributed by atoms with Crippen LogP contribution in [0.5, 0.6) is 5.88 Å². The maximum absolute atomic E-state index is 12.9. The van der Waals surface area contributed by atoms with Gasteiger partial charge in [0.05, 0.1) is 19.1 Å². The Balaban J connectivity index is 2.22. The van der Waals surface area contributed by atoms with Crippen molar-refractivity contribution in [3.8, 4) is 5.88 Å². The molecule has 1 atom stereocenters. The highest BCUT2D eigenvalue weighted by Gasteiger charge is 2.26. The molecule has 0 saturated carbocycles. The zero-order valence-corrected chi connectivity index (χ0v) is 14.1. The average molecular weight is 359 g/mol. The van der Waals surface area contributed by atoms with E-state index in [2.05, 4.69) is 4.98 Å². The van der Waals surface area contributed by atoms with Crippen LogP contribution in [0.3, 0.4) is 0 Å². The van der Waals surface area contributed by atoms with Gasteiger partial charge in [0.15, 0.2) is 0 Å². The molecule has 0 amide bonds. The van der Waals surface area contributed by atoms with Crippen LogP contribution in [-0.4, -0.2) is 27.6 Å². The van der Waals surface area contributed by atoms with Gasteiger partial charge in [-0.2, -0.15) is 4.98 Å². The normalized spacial score (nSPS) is 12.1. The Morgan fingerprint density at radius 2 is 2.00 bits per heavy atom. The van der Waals surface area contributed by atoms with Gasteiger partial charge < -0.3 is 9.84 Å². The van der Waals surface area contributed by atoms with E-state index in [0.29, 0.717) is 16.2 Å². The average Bonchev–Trinajstić information content (AvgIpc) is 2.61. The molecule has 7 heteroatoms. The van der Waals surface area contributed by atoms with Gasteiger partial charge in [-0.05, 0) is 29.8 Å². The number of rotatable bonds is 4. The van der Waals surface area contributed by atoms with Gasteiger partial charge in [-0.3, -0.25) is 14.0 Å². The van der Waals surface area contributed by atoms with Crippen LogP contribution in [0, 0.1) is 0 Å². The summed E-state index contributed by atoms with van der Waals surface area (Å²) in [5.74, 6) is -1.61. The summed E-state index contributed by atoms with van der Waals surface area (Å²) in [7, 11) is 1.27. The number of pyridine rings is 1. The highest BCUT2D eigenvalue weighted by molar-refractivity contribution is 6.30. The first-order chi connectivity index (χ1) is 12.0. The van der Waals surface area contributed by atoms with Gasteiger partial charge >= 0.3 is 5.97 Å². The summed E-state index contributed by atoms with van der Waals surface area (Å²) in [6.07, 6.45) is 1.45. The molecule has 0 aliphatic carbocycles. The molecule has 0 aliphatic rings. The molecule has 3 aromatic rings. The lowest BCUT2D eigenvalue weighted by atomic mass is 9.89. The fourth-order valence-corrected chi connectivity index (χ4v) is 2.85. The van der Waals surface area contributed by atoms with E-state index in [4.69, 9.17) is 16.3 Å². The predicted molar refractivity (Wildman–Crippen MR) is 93.1 cm³/mol. The van der Waals surface area contributed by atoms with Crippen molar-refractivity contribution < 1.29 is 14.6 Å². The number of methoxy groups -OCH3 is 1. The lowest BCUT2D eigenvalue weighted by Crippen LogP contribution is -2.24. The summed E-state index contributed by atoms with van der Waals surface area (Å²) in [5.41, 5.74) is 0.574. The van der Waals surface area contributed by atoms with Gasteiger partial charge in [-0.15, -0.1) is 0 Å². The number of nitrogens with zero attached hydrogens (tertiary/aromatic N) is 2. The third-order valence-corrected chi connectivity index (χ3v) is 4.22. The second kappa shape index (κ2) is 6.94. The number of fused-ring (bicyclic) bond motifs is 1. The van der Waals surface area contributed by atoms with Crippen molar-refractivity contribution in [1.29, 1.82) is 0 Å². The number of hydrogen-bond donors (Lipinski definition) is 1. The molecule has 1 unspecified atom stereocenters. The van der Waals surface area contributed by atoms with Gasteiger partial charge in [0.1, 0.15) is 5.65 Å². The predicted octanol–water partition coefficient (Wildman–Crippen LogP) is 2.75. The number of carbonyl (C=O) groups excluding carboxylic acids is 1. The van der Waals surface area contributed by atoms with Gasteiger partial charge in [0.25, 0.3) is 5.56 Å². The molecular formula is C18H15ClN2O4. The van der Waals surface area contributed by atoms with Crippen molar-refractivity contribution in [2.45, 2.75) is 12.3 Å². The minimum Gasteiger partial charge on any atom is -0.493 e. The molecule has 0 aliphatic heterocycles. The minimum absolute atomic E-state index is 0.0384. The van der Waals surface area contributed by atoms with E-state index in [-0.39, 0.29) is 12.0 Å². The quantitative estimate of drug-likeness (QED) is 0.725. The fraction of sp³-hybridized carbons (Fsp3) is 0.167. The fourth-order valence-electron chi connectivity index (χ4n) is 2.73. The van der Waals surface area contributed by atoms with Crippen LogP contribution in [-0.2, 0) is 9.53 Å². The second-order valence-electron chi connectivity index (χ2n) is 5.47. The largest absolute Gasteiger partial charge is 0.493 e. The number of carbonyl (C=O) groups is 1. The maximum atomic E-state index is 12.9. The molecule has 2 heterocycles. The number of esters is 1. The highest BCUT2D eigenvalue weighted by Crippen LogP contribution is 2.31. The van der Waals surface area contributed by atoms with Crippen LogP contribution in [0.4, 0.5) is 0 Å². The van der Waals surface area contributed by atoms with E-state index >= 15 is 0 Å². The number of hydrogen-bond acceptors (Lipinski definition) is 5. The Kier molecular flexibility index (Phi) is 4.72. The van der Waals surface area contributed by atoms with Gasteiger partial charge in [0, 0.05) is 17.1 Å². The molecule has 0 spiro atoms.